The predicted molar refractivity (Wildman–Crippen MR) is 144 cm³/mol. The molecule has 2 atom stereocenters. The van der Waals surface area contributed by atoms with E-state index in [2.05, 4.69) is 20.1 Å². The maximum Gasteiger partial charge on any atom is 0.418 e. The van der Waals surface area contributed by atoms with Crippen LogP contribution in [0.2, 0.25) is 0 Å². The van der Waals surface area contributed by atoms with Gasteiger partial charge < -0.3 is 19.5 Å². The highest BCUT2D eigenvalue weighted by atomic mass is 32.1. The van der Waals surface area contributed by atoms with Gasteiger partial charge in [-0.1, -0.05) is 18.2 Å². The Labute approximate surface area is 226 Å². The normalized spacial score (nSPS) is 20.7. The highest BCUT2D eigenvalue weighted by Crippen LogP contribution is 2.42. The Morgan fingerprint density at radius 2 is 1.79 bits per heavy atom. The molecule has 2 fully saturated rings. The average Bonchev–Trinajstić information content (AvgIpc) is 3.39. The van der Waals surface area contributed by atoms with Crippen molar-refractivity contribution in [2.24, 2.45) is 0 Å². The maximum absolute atomic E-state index is 13.9. The number of nitrogens with one attached hydrogen (secondary N) is 1. The van der Waals surface area contributed by atoms with Crippen molar-refractivity contribution in [3.8, 4) is 5.69 Å². The van der Waals surface area contributed by atoms with Crippen LogP contribution >= 0.6 is 12.2 Å². The van der Waals surface area contributed by atoms with Gasteiger partial charge >= 0.3 is 6.18 Å². The van der Waals surface area contributed by atoms with E-state index in [9.17, 15) is 13.2 Å². The molecule has 2 aliphatic rings. The maximum atomic E-state index is 13.9. The summed E-state index contributed by atoms with van der Waals surface area (Å²) in [6.45, 7) is 8.73. The summed E-state index contributed by atoms with van der Waals surface area (Å²) >= 11 is 5.81. The molecule has 2 aliphatic heterocycles. The van der Waals surface area contributed by atoms with Crippen molar-refractivity contribution in [3.63, 3.8) is 0 Å². The van der Waals surface area contributed by atoms with Crippen molar-refractivity contribution in [1.29, 1.82) is 0 Å². The molecule has 10 heteroatoms. The van der Waals surface area contributed by atoms with Gasteiger partial charge in [0, 0.05) is 43.8 Å². The van der Waals surface area contributed by atoms with E-state index in [1.54, 1.807) is 16.8 Å². The van der Waals surface area contributed by atoms with Crippen LogP contribution in [0.5, 0.6) is 0 Å². The number of morpholine rings is 1. The van der Waals surface area contributed by atoms with Gasteiger partial charge in [0.2, 0.25) is 0 Å². The minimum Gasteiger partial charge on any atom is -0.379 e. The van der Waals surface area contributed by atoms with Crippen molar-refractivity contribution in [2.45, 2.75) is 38.5 Å². The number of rotatable bonds is 7. The quantitative estimate of drug-likeness (QED) is 0.414. The molecule has 1 aromatic carbocycles. The first-order chi connectivity index (χ1) is 18.3. The summed E-state index contributed by atoms with van der Waals surface area (Å²) in [7, 11) is 0. The molecule has 3 aromatic rings. The monoisotopic (exact) mass is 543 g/mol. The first-order valence-corrected chi connectivity index (χ1v) is 13.3. The van der Waals surface area contributed by atoms with Crippen LogP contribution in [0, 0.1) is 13.8 Å². The number of halogens is 3. The molecule has 0 bridgehead atoms. The first-order valence-electron chi connectivity index (χ1n) is 12.9. The lowest BCUT2D eigenvalue weighted by Gasteiger charge is -2.30. The summed E-state index contributed by atoms with van der Waals surface area (Å²) in [6.07, 6.45) is -1.80. The topological polar surface area (TPSA) is 45.6 Å². The summed E-state index contributed by atoms with van der Waals surface area (Å²) in [6, 6.07) is 13.1. The molecular formula is C28H32F3N5OS. The van der Waals surface area contributed by atoms with Gasteiger partial charge in [-0.2, -0.15) is 13.2 Å². The van der Waals surface area contributed by atoms with Crippen LogP contribution in [-0.4, -0.2) is 63.9 Å². The lowest BCUT2D eigenvalue weighted by molar-refractivity contribution is -0.137. The number of hydrogen-bond donors (Lipinski definition) is 1. The van der Waals surface area contributed by atoms with Crippen LogP contribution < -0.4 is 5.32 Å². The Bertz CT molecular complexity index is 1270. The van der Waals surface area contributed by atoms with Gasteiger partial charge in [-0.05, 0) is 68.4 Å². The molecule has 0 radical (unpaired) electrons. The van der Waals surface area contributed by atoms with Gasteiger partial charge in [-0.3, -0.25) is 9.88 Å². The molecule has 0 aliphatic carbocycles. The Kier molecular flexibility index (Phi) is 7.74. The molecule has 202 valence electrons. The van der Waals surface area contributed by atoms with E-state index in [1.807, 2.05) is 38.1 Å². The third kappa shape index (κ3) is 5.30. The van der Waals surface area contributed by atoms with Crippen LogP contribution in [0.3, 0.4) is 0 Å². The van der Waals surface area contributed by atoms with E-state index in [0.717, 1.165) is 74.5 Å². The number of ether oxygens (including phenoxy) is 1. The van der Waals surface area contributed by atoms with Crippen molar-refractivity contribution < 1.29 is 17.9 Å². The van der Waals surface area contributed by atoms with Gasteiger partial charge in [-0.15, -0.1) is 0 Å². The second kappa shape index (κ2) is 11.0. The molecule has 0 spiro atoms. The molecule has 5 rings (SSSR count). The largest absolute Gasteiger partial charge is 0.418 e. The number of nitrogens with zero attached hydrogens (tertiary/aromatic N) is 4. The SMILES string of the molecule is Cc1cc([C@H]2[C@@H](c3ccccn3)NC(=S)N2CCCN2CCOCC2)c(C)n1-c1ccccc1C(F)(F)F. The number of thiocarbonyl (C=S) groups is 1. The van der Waals surface area contributed by atoms with Crippen LogP contribution in [0.15, 0.2) is 54.7 Å². The lowest BCUT2D eigenvalue weighted by Crippen LogP contribution is -2.39. The van der Waals surface area contributed by atoms with Gasteiger partial charge in [0.05, 0.1) is 42.2 Å². The standard InChI is InChI=1S/C28H32F3N5OS/c1-19-18-21(20(2)36(19)24-10-4-3-8-22(24)28(29,30)31)26-25(23-9-5-6-11-32-23)33-27(38)35(26)13-7-12-34-14-16-37-17-15-34/h3-6,8-11,18,25-26H,7,12-17H2,1-2H3,(H,33,38)/t25-,26+/m1/s1. The Morgan fingerprint density at radius 1 is 1.05 bits per heavy atom. The number of benzene rings is 1. The molecule has 0 saturated carbocycles. The third-order valence-corrected chi connectivity index (χ3v) is 7.77. The number of para-hydroxylation sites is 1. The number of aryl methyl sites for hydroxylation is 1. The molecule has 4 heterocycles. The van der Waals surface area contributed by atoms with E-state index in [4.69, 9.17) is 17.0 Å². The van der Waals surface area contributed by atoms with Crippen molar-refractivity contribution >= 4 is 17.3 Å². The zero-order valence-corrected chi connectivity index (χ0v) is 22.4. The third-order valence-electron chi connectivity index (χ3n) is 7.41. The van der Waals surface area contributed by atoms with Crippen molar-refractivity contribution in [1.82, 2.24) is 24.7 Å². The van der Waals surface area contributed by atoms with Crippen LogP contribution in [0.1, 0.15) is 46.7 Å². The highest BCUT2D eigenvalue weighted by Gasteiger charge is 2.42. The van der Waals surface area contributed by atoms with E-state index < -0.39 is 11.7 Å². The van der Waals surface area contributed by atoms with E-state index >= 15 is 0 Å². The summed E-state index contributed by atoms with van der Waals surface area (Å²) in [5.74, 6) is 0. The molecule has 38 heavy (non-hydrogen) atoms. The summed E-state index contributed by atoms with van der Waals surface area (Å²) in [5.41, 5.74) is 2.75. The second-order valence-corrected chi connectivity index (χ2v) is 10.2. The number of hydrogen-bond acceptors (Lipinski definition) is 4. The first kappa shape index (κ1) is 26.6. The van der Waals surface area contributed by atoms with Crippen LogP contribution in [0.25, 0.3) is 5.69 Å². The number of aromatic nitrogens is 2. The highest BCUT2D eigenvalue weighted by molar-refractivity contribution is 7.80. The summed E-state index contributed by atoms with van der Waals surface area (Å²) < 4.78 is 49.0. The fraction of sp³-hybridized carbons (Fsp3) is 0.429. The Morgan fingerprint density at radius 3 is 2.50 bits per heavy atom. The molecule has 0 amide bonds. The lowest BCUT2D eigenvalue weighted by atomic mass is 9.96. The van der Waals surface area contributed by atoms with Gasteiger partial charge in [0.25, 0.3) is 0 Å². The Balaban J connectivity index is 1.52. The smallest absolute Gasteiger partial charge is 0.379 e. The minimum absolute atomic E-state index is 0.128. The minimum atomic E-state index is -4.46. The molecular weight excluding hydrogens is 511 g/mol. The molecule has 1 N–H and O–H groups in total. The molecule has 6 nitrogen and oxygen atoms in total. The second-order valence-electron chi connectivity index (χ2n) is 9.80. The fourth-order valence-corrected chi connectivity index (χ4v) is 5.97. The molecule has 0 unspecified atom stereocenters. The zero-order valence-electron chi connectivity index (χ0n) is 21.5. The van der Waals surface area contributed by atoms with E-state index in [0.29, 0.717) is 5.11 Å². The van der Waals surface area contributed by atoms with Crippen LogP contribution in [0.4, 0.5) is 13.2 Å². The van der Waals surface area contributed by atoms with Gasteiger partial charge in [0.15, 0.2) is 5.11 Å². The summed E-state index contributed by atoms with van der Waals surface area (Å²) in [4.78, 5) is 9.16. The summed E-state index contributed by atoms with van der Waals surface area (Å²) in [5, 5.41) is 4.09. The van der Waals surface area contributed by atoms with Crippen molar-refractivity contribution in [2.75, 3.05) is 39.4 Å². The van der Waals surface area contributed by atoms with E-state index in [-0.39, 0.29) is 17.8 Å². The molecule has 2 aromatic heterocycles. The number of alkyl halides is 3. The van der Waals surface area contributed by atoms with E-state index in [1.165, 1.54) is 12.1 Å². The predicted octanol–water partition coefficient (Wildman–Crippen LogP) is 5.20. The molecule has 2 saturated heterocycles. The zero-order chi connectivity index (χ0) is 26.9. The van der Waals surface area contributed by atoms with Crippen LogP contribution in [-0.2, 0) is 10.9 Å². The van der Waals surface area contributed by atoms with Gasteiger partial charge in [0.1, 0.15) is 0 Å². The average molecular weight is 544 g/mol. The van der Waals surface area contributed by atoms with Gasteiger partial charge in [-0.25, -0.2) is 0 Å². The van der Waals surface area contributed by atoms with Crippen molar-refractivity contribution in [3.05, 3.63) is 82.9 Å². The Hall–Kier alpha value is -2.95. The fourth-order valence-electron chi connectivity index (χ4n) is 5.64. The number of pyridine rings is 1.